The maximum atomic E-state index is 6.21. The number of benzene rings is 1. The number of nitrogens with zero attached hydrogens (tertiary/aromatic N) is 2. The van der Waals surface area contributed by atoms with E-state index >= 15 is 0 Å². The van der Waals surface area contributed by atoms with Gasteiger partial charge in [-0.3, -0.25) is 9.88 Å². The Morgan fingerprint density at radius 1 is 1.24 bits per heavy atom. The second-order valence-corrected chi connectivity index (χ2v) is 5.32. The van der Waals surface area contributed by atoms with Gasteiger partial charge in [-0.25, -0.2) is 0 Å². The van der Waals surface area contributed by atoms with Crippen LogP contribution in [-0.2, 0) is 6.54 Å². The smallest absolute Gasteiger partial charge is 0.119 e. The molecule has 0 radical (unpaired) electrons. The van der Waals surface area contributed by atoms with E-state index in [-0.39, 0.29) is 12.1 Å². The Kier molecular flexibility index (Phi) is 5.31. The predicted molar refractivity (Wildman–Crippen MR) is 85.1 cm³/mol. The molecule has 0 aliphatic rings. The summed E-state index contributed by atoms with van der Waals surface area (Å²) in [5.74, 6) is 0.851. The van der Waals surface area contributed by atoms with Crippen molar-refractivity contribution in [2.45, 2.75) is 25.6 Å². The number of hydrogen-bond acceptors (Lipinski definition) is 4. The summed E-state index contributed by atoms with van der Waals surface area (Å²) in [7, 11) is 3.75. The van der Waals surface area contributed by atoms with Crippen LogP contribution in [0.1, 0.15) is 24.2 Å². The van der Waals surface area contributed by atoms with Crippen LogP contribution in [0.3, 0.4) is 0 Å². The van der Waals surface area contributed by atoms with Crippen molar-refractivity contribution in [3.05, 3.63) is 59.9 Å². The maximum Gasteiger partial charge on any atom is 0.119 e. The molecule has 2 unspecified atom stereocenters. The third-order valence-electron chi connectivity index (χ3n) is 3.55. The number of rotatable bonds is 6. The number of pyridine rings is 1. The molecule has 0 spiro atoms. The number of ether oxygens (including phenoxy) is 1. The van der Waals surface area contributed by atoms with E-state index in [1.807, 2.05) is 49.5 Å². The van der Waals surface area contributed by atoms with E-state index in [2.05, 4.69) is 23.0 Å². The zero-order valence-electron chi connectivity index (χ0n) is 12.9. The number of likely N-dealkylation sites (N-methyl/N-ethyl adjacent to an activating group) is 1. The zero-order valence-corrected chi connectivity index (χ0v) is 12.9. The molecule has 0 amide bonds. The molecule has 1 aromatic heterocycles. The van der Waals surface area contributed by atoms with Crippen LogP contribution >= 0.6 is 0 Å². The van der Waals surface area contributed by atoms with Crippen molar-refractivity contribution in [2.24, 2.45) is 5.73 Å². The Bertz CT molecular complexity index is 557. The third kappa shape index (κ3) is 4.03. The van der Waals surface area contributed by atoms with Gasteiger partial charge in [0.2, 0.25) is 0 Å². The zero-order chi connectivity index (χ0) is 15.2. The number of hydrogen-bond donors (Lipinski definition) is 1. The highest BCUT2D eigenvalue weighted by Crippen LogP contribution is 2.26. The molecule has 1 heterocycles. The molecular formula is C17H23N3O. The van der Waals surface area contributed by atoms with Crippen LogP contribution in [0.25, 0.3) is 0 Å². The summed E-state index contributed by atoms with van der Waals surface area (Å²) in [4.78, 5) is 6.60. The Morgan fingerprint density at radius 3 is 2.67 bits per heavy atom. The van der Waals surface area contributed by atoms with Crippen molar-refractivity contribution in [3.63, 3.8) is 0 Å². The van der Waals surface area contributed by atoms with Crippen molar-refractivity contribution in [3.8, 4) is 5.75 Å². The predicted octanol–water partition coefficient (Wildman–Crippen LogP) is 2.61. The molecule has 0 aliphatic carbocycles. The standard InChI is InChI=1S/C17H23N3O/c1-13(18)17(14-7-6-9-16(11-14)21-3)20(2)12-15-8-4-5-10-19-15/h4-11,13,17H,12,18H2,1-3H3. The van der Waals surface area contributed by atoms with E-state index in [1.165, 1.54) is 0 Å². The molecule has 112 valence electrons. The van der Waals surface area contributed by atoms with E-state index in [9.17, 15) is 0 Å². The van der Waals surface area contributed by atoms with Crippen LogP contribution in [-0.4, -0.2) is 30.1 Å². The van der Waals surface area contributed by atoms with Gasteiger partial charge in [0, 0.05) is 24.8 Å². The average molecular weight is 285 g/mol. The van der Waals surface area contributed by atoms with Gasteiger partial charge in [-0.2, -0.15) is 0 Å². The number of nitrogens with two attached hydrogens (primary N) is 1. The van der Waals surface area contributed by atoms with Crippen molar-refractivity contribution in [1.82, 2.24) is 9.88 Å². The Morgan fingerprint density at radius 2 is 2.05 bits per heavy atom. The van der Waals surface area contributed by atoms with Crippen LogP contribution in [0.4, 0.5) is 0 Å². The lowest BCUT2D eigenvalue weighted by molar-refractivity contribution is 0.208. The normalized spacial score (nSPS) is 14.0. The largest absolute Gasteiger partial charge is 0.497 e. The van der Waals surface area contributed by atoms with Gasteiger partial charge >= 0.3 is 0 Å². The van der Waals surface area contributed by atoms with Gasteiger partial charge in [-0.15, -0.1) is 0 Å². The van der Waals surface area contributed by atoms with Gasteiger partial charge in [0.1, 0.15) is 5.75 Å². The lowest BCUT2D eigenvalue weighted by Gasteiger charge is -2.31. The topological polar surface area (TPSA) is 51.4 Å². The molecular weight excluding hydrogens is 262 g/mol. The first-order chi connectivity index (χ1) is 10.1. The van der Waals surface area contributed by atoms with Gasteiger partial charge in [-0.05, 0) is 43.8 Å². The fraction of sp³-hybridized carbons (Fsp3) is 0.353. The van der Waals surface area contributed by atoms with Gasteiger partial charge in [-0.1, -0.05) is 18.2 Å². The van der Waals surface area contributed by atoms with Crippen LogP contribution in [0.5, 0.6) is 5.75 Å². The third-order valence-corrected chi connectivity index (χ3v) is 3.55. The van der Waals surface area contributed by atoms with Crippen LogP contribution < -0.4 is 10.5 Å². The highest BCUT2D eigenvalue weighted by Gasteiger charge is 2.22. The molecule has 2 rings (SSSR count). The number of methoxy groups -OCH3 is 1. The fourth-order valence-electron chi connectivity index (χ4n) is 2.63. The quantitative estimate of drug-likeness (QED) is 0.886. The van der Waals surface area contributed by atoms with Gasteiger partial charge in [0.25, 0.3) is 0 Å². The van der Waals surface area contributed by atoms with Gasteiger partial charge in [0.15, 0.2) is 0 Å². The second-order valence-electron chi connectivity index (χ2n) is 5.32. The van der Waals surface area contributed by atoms with Crippen LogP contribution in [0, 0.1) is 0 Å². The summed E-state index contributed by atoms with van der Waals surface area (Å²) in [6.07, 6.45) is 1.82. The minimum absolute atomic E-state index is 0.00539. The van der Waals surface area contributed by atoms with Gasteiger partial charge in [0.05, 0.1) is 12.8 Å². The van der Waals surface area contributed by atoms with Crippen molar-refractivity contribution in [1.29, 1.82) is 0 Å². The fourth-order valence-corrected chi connectivity index (χ4v) is 2.63. The summed E-state index contributed by atoms with van der Waals surface area (Å²) in [5.41, 5.74) is 8.40. The molecule has 0 aliphatic heterocycles. The van der Waals surface area contributed by atoms with Crippen molar-refractivity contribution >= 4 is 0 Å². The molecule has 0 fully saturated rings. The van der Waals surface area contributed by atoms with Crippen molar-refractivity contribution < 1.29 is 4.74 Å². The highest BCUT2D eigenvalue weighted by molar-refractivity contribution is 5.31. The Labute approximate surface area is 126 Å². The molecule has 2 atom stereocenters. The van der Waals surface area contributed by atoms with Crippen molar-refractivity contribution in [2.75, 3.05) is 14.2 Å². The molecule has 2 N–H and O–H groups in total. The lowest BCUT2D eigenvalue weighted by Crippen LogP contribution is -2.37. The minimum Gasteiger partial charge on any atom is -0.497 e. The van der Waals surface area contributed by atoms with E-state index in [1.54, 1.807) is 7.11 Å². The summed E-state index contributed by atoms with van der Waals surface area (Å²) < 4.78 is 5.31. The first kappa shape index (κ1) is 15.5. The maximum absolute atomic E-state index is 6.21. The minimum atomic E-state index is 0.00539. The van der Waals surface area contributed by atoms with E-state index < -0.39 is 0 Å². The SMILES string of the molecule is COc1cccc(C(C(C)N)N(C)Cc2ccccn2)c1. The van der Waals surface area contributed by atoms with Crippen LogP contribution in [0.15, 0.2) is 48.7 Å². The molecule has 0 bridgehead atoms. The summed E-state index contributed by atoms with van der Waals surface area (Å²) in [6.45, 7) is 2.78. The number of aromatic nitrogens is 1. The molecule has 0 saturated heterocycles. The summed E-state index contributed by atoms with van der Waals surface area (Å²) >= 11 is 0. The molecule has 1 aromatic carbocycles. The van der Waals surface area contributed by atoms with E-state index in [4.69, 9.17) is 10.5 Å². The molecule has 0 saturated carbocycles. The second kappa shape index (κ2) is 7.20. The molecule has 2 aromatic rings. The molecule has 4 nitrogen and oxygen atoms in total. The van der Waals surface area contributed by atoms with E-state index in [0.717, 1.165) is 23.6 Å². The first-order valence-electron chi connectivity index (χ1n) is 7.11. The Hall–Kier alpha value is -1.91. The van der Waals surface area contributed by atoms with Gasteiger partial charge < -0.3 is 10.5 Å². The lowest BCUT2D eigenvalue weighted by atomic mass is 9.99. The average Bonchev–Trinajstić information content (AvgIpc) is 2.48. The highest BCUT2D eigenvalue weighted by atomic mass is 16.5. The monoisotopic (exact) mass is 285 g/mol. The summed E-state index contributed by atoms with van der Waals surface area (Å²) in [5, 5.41) is 0. The molecule has 21 heavy (non-hydrogen) atoms. The van der Waals surface area contributed by atoms with Crippen LogP contribution in [0.2, 0.25) is 0 Å². The molecule has 4 heteroatoms. The first-order valence-corrected chi connectivity index (χ1v) is 7.11. The van der Waals surface area contributed by atoms with E-state index in [0.29, 0.717) is 0 Å². The Balaban J connectivity index is 2.21. The summed E-state index contributed by atoms with van der Waals surface area (Å²) in [6, 6.07) is 14.2.